The van der Waals surface area contributed by atoms with E-state index in [4.69, 9.17) is 10.2 Å². The molecular formula is C23H27IN6O4Sn. The van der Waals surface area contributed by atoms with Crippen LogP contribution < -0.4 is 14.2 Å². The monoisotopic (exact) mass is 698 g/mol. The van der Waals surface area contributed by atoms with Crippen LogP contribution >= 0.6 is 22.6 Å². The molecule has 3 rings (SSSR count). The van der Waals surface area contributed by atoms with Crippen LogP contribution in [0.15, 0.2) is 36.4 Å². The van der Waals surface area contributed by atoms with Crippen LogP contribution in [0.4, 0.5) is 0 Å². The van der Waals surface area contributed by atoms with Crippen LogP contribution in [0.5, 0.6) is 0 Å². The Morgan fingerprint density at radius 3 is 1.69 bits per heavy atom. The molecule has 1 heterocycles. The Labute approximate surface area is 221 Å². The third kappa shape index (κ3) is 8.44. The zero-order chi connectivity index (χ0) is 25.6. The van der Waals surface area contributed by atoms with Crippen LogP contribution in [-0.2, 0) is 22.7 Å². The van der Waals surface area contributed by atoms with Gasteiger partial charge in [0.2, 0.25) is 0 Å². The molecule has 0 saturated heterocycles. The maximum absolute atomic E-state index is 10.9. The average molecular weight is 697 g/mol. The summed E-state index contributed by atoms with van der Waals surface area (Å²) < 4.78 is 2.23. The van der Waals surface area contributed by atoms with Gasteiger partial charge in [0.05, 0.1) is 6.54 Å². The standard InChI is InChI=1S/C20H18IN6O4.3CH3.Sn/c21-16-6-13(9-23-11-18(30)31)5-15(7-16)20-26-24-19(25-27-20)14-3-1-2-12(4-14)8-22-10-17(28)29;;;;/h2-7,22-23H,8-11H2,(H,28,29)(H,30,31);3*1H3;. The van der Waals surface area contributed by atoms with E-state index in [-0.39, 0.29) is 13.1 Å². The fourth-order valence-corrected chi connectivity index (χ4v) is 7.51. The van der Waals surface area contributed by atoms with E-state index in [1.165, 1.54) is 3.58 Å². The van der Waals surface area contributed by atoms with Gasteiger partial charge in [0.25, 0.3) is 0 Å². The number of halogens is 1. The number of hydrogen-bond donors (Lipinski definition) is 4. The van der Waals surface area contributed by atoms with Crippen LogP contribution in [-0.4, -0.2) is 74.0 Å². The third-order valence-corrected chi connectivity index (χ3v) is 11.4. The van der Waals surface area contributed by atoms with E-state index in [1.807, 2.05) is 24.3 Å². The first-order chi connectivity index (χ1) is 16.5. The van der Waals surface area contributed by atoms with Crippen LogP contribution in [0.2, 0.25) is 14.8 Å². The van der Waals surface area contributed by atoms with Gasteiger partial charge < -0.3 is 5.11 Å². The Morgan fingerprint density at radius 2 is 1.23 bits per heavy atom. The Bertz CT molecular complexity index is 1220. The van der Waals surface area contributed by atoms with Gasteiger partial charge in [-0.3, -0.25) is 4.79 Å². The van der Waals surface area contributed by atoms with Gasteiger partial charge in [0, 0.05) is 0 Å². The molecule has 0 fully saturated rings. The predicted molar refractivity (Wildman–Crippen MR) is 143 cm³/mol. The quantitative estimate of drug-likeness (QED) is 0.173. The second-order valence-corrected chi connectivity index (χ2v) is 24.8. The summed E-state index contributed by atoms with van der Waals surface area (Å²) in [5.41, 5.74) is 3.42. The molecule has 0 aliphatic heterocycles. The first kappa shape index (κ1) is 27.4. The van der Waals surface area contributed by atoms with E-state index in [2.05, 4.69) is 80.6 Å². The topological polar surface area (TPSA) is 150 Å². The fourth-order valence-electron chi connectivity index (χ4n) is 3.33. The van der Waals surface area contributed by atoms with Crippen molar-refractivity contribution in [3.8, 4) is 22.8 Å². The summed E-state index contributed by atoms with van der Waals surface area (Å²) in [4.78, 5) is 28.5. The normalized spacial score (nSPS) is 11.4. The summed E-state index contributed by atoms with van der Waals surface area (Å²) in [6, 6.07) is 11.9. The number of aliphatic carboxylic acids is 2. The summed E-state index contributed by atoms with van der Waals surface area (Å²) >= 11 is -0.263. The fraction of sp³-hybridized carbons (Fsp3) is 0.304. The average Bonchev–Trinajstić information content (AvgIpc) is 2.77. The molecule has 0 atom stereocenters. The van der Waals surface area contributed by atoms with Crippen molar-refractivity contribution in [3.63, 3.8) is 0 Å². The van der Waals surface area contributed by atoms with E-state index in [1.54, 1.807) is 0 Å². The minimum absolute atomic E-state index is 0.115. The molecule has 0 aliphatic carbocycles. The molecule has 0 unspecified atom stereocenters. The SMILES string of the molecule is [CH3][Sn]([CH3])([CH3])[c]1cc(CNCC(=O)O)cc(-c2nnc(-c3cc(I)cc(CNCC(=O)O)c3)nn2)c1. The van der Waals surface area contributed by atoms with Gasteiger partial charge in [-0.05, 0) is 0 Å². The molecule has 0 bridgehead atoms. The molecule has 184 valence electrons. The predicted octanol–water partition coefficient (Wildman–Crippen LogP) is 2.10. The van der Waals surface area contributed by atoms with E-state index >= 15 is 0 Å². The number of aromatic nitrogens is 4. The summed E-state index contributed by atoms with van der Waals surface area (Å²) in [6.07, 6.45) is 0. The second-order valence-electron chi connectivity index (χ2n) is 9.06. The molecule has 2 aromatic carbocycles. The number of nitrogens with one attached hydrogen (secondary N) is 2. The second kappa shape index (κ2) is 12.1. The number of carboxylic acid groups (broad SMARTS) is 2. The van der Waals surface area contributed by atoms with Gasteiger partial charge in [-0.15, -0.1) is 0 Å². The zero-order valence-electron chi connectivity index (χ0n) is 19.7. The zero-order valence-corrected chi connectivity index (χ0v) is 24.7. The Morgan fingerprint density at radius 1 is 0.771 bits per heavy atom. The maximum atomic E-state index is 10.9. The van der Waals surface area contributed by atoms with Gasteiger partial charge in [-0.1, -0.05) is 0 Å². The Kier molecular flexibility index (Phi) is 9.49. The molecule has 3 aromatic rings. The van der Waals surface area contributed by atoms with Gasteiger partial charge in [-0.2, -0.15) is 0 Å². The van der Waals surface area contributed by atoms with Crippen molar-refractivity contribution in [1.29, 1.82) is 0 Å². The van der Waals surface area contributed by atoms with E-state index < -0.39 is 30.3 Å². The molecule has 12 heteroatoms. The molecule has 0 radical (unpaired) electrons. The van der Waals surface area contributed by atoms with E-state index in [0.29, 0.717) is 24.7 Å². The summed E-state index contributed by atoms with van der Waals surface area (Å²) in [5, 5.41) is 40.8. The number of rotatable bonds is 11. The third-order valence-electron chi connectivity index (χ3n) is 5.02. The minimum atomic E-state index is -2.45. The molecule has 4 N–H and O–H groups in total. The number of carbonyl (C=O) groups is 2. The molecule has 10 nitrogen and oxygen atoms in total. The molecular weight excluding hydrogens is 670 g/mol. The molecule has 0 amide bonds. The van der Waals surface area contributed by atoms with Crippen molar-refractivity contribution in [2.45, 2.75) is 27.9 Å². The molecule has 0 spiro atoms. The molecule has 35 heavy (non-hydrogen) atoms. The van der Waals surface area contributed by atoms with Crippen LogP contribution in [0, 0.1) is 3.57 Å². The van der Waals surface area contributed by atoms with Crippen LogP contribution in [0.25, 0.3) is 22.8 Å². The van der Waals surface area contributed by atoms with E-state index in [9.17, 15) is 9.59 Å². The summed E-state index contributed by atoms with van der Waals surface area (Å²) in [7, 11) is 0. The summed E-state index contributed by atoms with van der Waals surface area (Å²) in [5.74, 6) is -1.04. The number of nitrogens with zero attached hydrogens (tertiary/aromatic N) is 4. The Balaban J connectivity index is 1.87. The van der Waals surface area contributed by atoms with Gasteiger partial charge in [0.1, 0.15) is 0 Å². The van der Waals surface area contributed by atoms with Gasteiger partial charge in [-0.25, -0.2) is 0 Å². The number of carboxylic acids is 2. The van der Waals surface area contributed by atoms with Crippen LogP contribution in [0.1, 0.15) is 11.1 Å². The summed E-state index contributed by atoms with van der Waals surface area (Å²) in [6.45, 7) is 0.589. The van der Waals surface area contributed by atoms with Crippen molar-refractivity contribution < 1.29 is 19.8 Å². The van der Waals surface area contributed by atoms with E-state index in [0.717, 1.165) is 25.8 Å². The number of hydrogen-bond acceptors (Lipinski definition) is 8. The van der Waals surface area contributed by atoms with Crippen LogP contribution in [0.3, 0.4) is 0 Å². The van der Waals surface area contributed by atoms with Gasteiger partial charge >= 0.3 is 206 Å². The van der Waals surface area contributed by atoms with Crippen molar-refractivity contribution in [3.05, 3.63) is 51.1 Å². The van der Waals surface area contributed by atoms with Crippen molar-refractivity contribution in [2.24, 2.45) is 0 Å². The molecule has 1 aromatic heterocycles. The first-order valence-corrected chi connectivity index (χ1v) is 21.9. The van der Waals surface area contributed by atoms with Crippen molar-refractivity contribution in [1.82, 2.24) is 31.0 Å². The number of benzene rings is 2. The molecule has 0 saturated carbocycles. The molecule has 0 aliphatic rings. The van der Waals surface area contributed by atoms with Crippen molar-refractivity contribution >= 4 is 56.5 Å². The van der Waals surface area contributed by atoms with Gasteiger partial charge in [0.15, 0.2) is 0 Å². The Hall–Kier alpha value is -2.23. The van der Waals surface area contributed by atoms with Crippen molar-refractivity contribution in [2.75, 3.05) is 13.1 Å². The first-order valence-electron chi connectivity index (χ1n) is 10.9.